The molecular weight excluding hydrogens is 162 g/mol. The quantitative estimate of drug-likeness (QED) is 0.717. The maximum Gasteiger partial charge on any atom is 0.126 e. The van der Waals surface area contributed by atoms with Crippen LogP contribution >= 0.6 is 0 Å². The van der Waals surface area contributed by atoms with Gasteiger partial charge in [-0.1, -0.05) is 0 Å². The number of nitrogens with two attached hydrogens (primary N) is 2. The van der Waals surface area contributed by atoms with Crippen molar-refractivity contribution in [2.75, 3.05) is 5.73 Å². The Labute approximate surface area is 78.1 Å². The number of anilines is 1. The van der Waals surface area contributed by atoms with Crippen LogP contribution in [0.5, 0.6) is 0 Å². The number of nitrogen functional groups attached to an aromatic ring is 1. The van der Waals surface area contributed by atoms with Crippen LogP contribution in [0.4, 0.5) is 5.82 Å². The third-order valence-corrected chi connectivity index (χ3v) is 2.65. The zero-order valence-electron chi connectivity index (χ0n) is 7.83. The van der Waals surface area contributed by atoms with E-state index in [1.165, 1.54) is 12.8 Å². The fourth-order valence-corrected chi connectivity index (χ4v) is 1.52. The minimum atomic E-state index is 0.159. The van der Waals surface area contributed by atoms with Crippen molar-refractivity contribution in [3.05, 3.63) is 23.4 Å². The standard InChI is InChI=1S/C10H15N3/c1-6-4-8(5-13-10(6)12)9(11)7-2-3-7/h4-5,7,9H,2-3,11H2,1H3,(H2,12,13)/t9-/m0/s1. The lowest BCUT2D eigenvalue weighted by atomic mass is 10.0. The zero-order chi connectivity index (χ0) is 9.42. The Morgan fingerprint density at radius 3 is 2.77 bits per heavy atom. The minimum Gasteiger partial charge on any atom is -0.383 e. The van der Waals surface area contributed by atoms with Crippen molar-refractivity contribution in [2.45, 2.75) is 25.8 Å². The molecule has 1 saturated carbocycles. The molecular formula is C10H15N3. The van der Waals surface area contributed by atoms with Gasteiger partial charge >= 0.3 is 0 Å². The van der Waals surface area contributed by atoms with Gasteiger partial charge in [0, 0.05) is 12.2 Å². The number of aromatic nitrogens is 1. The summed E-state index contributed by atoms with van der Waals surface area (Å²) in [6.45, 7) is 1.96. The lowest BCUT2D eigenvalue weighted by Gasteiger charge is -2.11. The van der Waals surface area contributed by atoms with Crippen molar-refractivity contribution >= 4 is 5.82 Å². The Hall–Kier alpha value is -1.09. The van der Waals surface area contributed by atoms with Crippen LogP contribution in [0.3, 0.4) is 0 Å². The molecule has 3 nitrogen and oxygen atoms in total. The molecule has 0 unspecified atom stereocenters. The molecule has 0 bridgehead atoms. The summed E-state index contributed by atoms with van der Waals surface area (Å²) in [6, 6.07) is 2.21. The summed E-state index contributed by atoms with van der Waals surface area (Å²) in [7, 11) is 0. The van der Waals surface area contributed by atoms with Crippen LogP contribution in [-0.2, 0) is 0 Å². The van der Waals surface area contributed by atoms with Crippen LogP contribution in [-0.4, -0.2) is 4.98 Å². The first-order valence-electron chi connectivity index (χ1n) is 4.66. The molecule has 0 spiro atoms. The predicted molar refractivity (Wildman–Crippen MR) is 53.0 cm³/mol. The molecule has 0 amide bonds. The lowest BCUT2D eigenvalue weighted by molar-refractivity contribution is 0.630. The summed E-state index contributed by atoms with van der Waals surface area (Å²) in [6.07, 6.45) is 4.31. The monoisotopic (exact) mass is 177 g/mol. The topological polar surface area (TPSA) is 64.9 Å². The normalized spacial score (nSPS) is 18.6. The Balaban J connectivity index is 2.24. The molecule has 2 rings (SSSR count). The maximum absolute atomic E-state index is 6.04. The summed E-state index contributed by atoms with van der Waals surface area (Å²) in [5.74, 6) is 1.27. The van der Waals surface area contributed by atoms with Crippen LogP contribution < -0.4 is 11.5 Å². The Bertz CT molecular complexity index is 318. The summed E-state index contributed by atoms with van der Waals surface area (Å²) >= 11 is 0. The highest BCUT2D eigenvalue weighted by molar-refractivity contribution is 5.40. The van der Waals surface area contributed by atoms with E-state index in [-0.39, 0.29) is 6.04 Å². The third-order valence-electron chi connectivity index (χ3n) is 2.65. The van der Waals surface area contributed by atoms with Gasteiger partial charge in [-0.3, -0.25) is 0 Å². The van der Waals surface area contributed by atoms with E-state index in [2.05, 4.69) is 4.98 Å². The largest absolute Gasteiger partial charge is 0.383 e. The van der Waals surface area contributed by atoms with Gasteiger partial charge in [-0.05, 0) is 42.9 Å². The number of rotatable bonds is 2. The van der Waals surface area contributed by atoms with Gasteiger partial charge in [-0.2, -0.15) is 0 Å². The van der Waals surface area contributed by atoms with Crippen LogP contribution in [0.1, 0.15) is 30.0 Å². The van der Waals surface area contributed by atoms with Crippen molar-refractivity contribution in [2.24, 2.45) is 11.7 Å². The van der Waals surface area contributed by atoms with Gasteiger partial charge in [0.25, 0.3) is 0 Å². The molecule has 0 saturated heterocycles. The van der Waals surface area contributed by atoms with Gasteiger partial charge in [-0.25, -0.2) is 4.98 Å². The summed E-state index contributed by atoms with van der Waals surface area (Å²) in [5, 5.41) is 0. The van der Waals surface area contributed by atoms with Gasteiger partial charge in [0.05, 0.1) is 0 Å². The molecule has 4 N–H and O–H groups in total. The van der Waals surface area contributed by atoms with Crippen molar-refractivity contribution < 1.29 is 0 Å². The second kappa shape index (κ2) is 3.00. The number of nitrogens with zero attached hydrogens (tertiary/aromatic N) is 1. The molecule has 1 fully saturated rings. The van der Waals surface area contributed by atoms with E-state index in [1.807, 2.05) is 13.0 Å². The summed E-state index contributed by atoms with van der Waals surface area (Å²) in [4.78, 5) is 4.11. The zero-order valence-corrected chi connectivity index (χ0v) is 7.83. The third kappa shape index (κ3) is 1.65. The molecule has 1 atom stereocenters. The van der Waals surface area contributed by atoms with E-state index in [0.29, 0.717) is 11.7 Å². The molecule has 1 heterocycles. The van der Waals surface area contributed by atoms with Crippen LogP contribution in [0.15, 0.2) is 12.3 Å². The first kappa shape index (κ1) is 8.51. The van der Waals surface area contributed by atoms with Crippen molar-refractivity contribution in [1.29, 1.82) is 0 Å². The lowest BCUT2D eigenvalue weighted by Crippen LogP contribution is -2.13. The van der Waals surface area contributed by atoms with Gasteiger partial charge in [0.2, 0.25) is 0 Å². The van der Waals surface area contributed by atoms with E-state index in [0.717, 1.165) is 11.1 Å². The molecule has 3 heteroatoms. The van der Waals surface area contributed by atoms with Gasteiger partial charge in [-0.15, -0.1) is 0 Å². The van der Waals surface area contributed by atoms with E-state index in [1.54, 1.807) is 6.20 Å². The average molecular weight is 177 g/mol. The molecule has 1 aliphatic carbocycles. The highest BCUT2D eigenvalue weighted by atomic mass is 14.8. The van der Waals surface area contributed by atoms with Crippen molar-refractivity contribution in [3.63, 3.8) is 0 Å². The highest BCUT2D eigenvalue weighted by Gasteiger charge is 2.29. The molecule has 0 aromatic carbocycles. The van der Waals surface area contributed by atoms with Crippen molar-refractivity contribution in [3.8, 4) is 0 Å². The number of hydrogen-bond acceptors (Lipinski definition) is 3. The Kier molecular flexibility index (Phi) is 1.96. The maximum atomic E-state index is 6.04. The summed E-state index contributed by atoms with van der Waals surface area (Å²) < 4.78 is 0. The SMILES string of the molecule is Cc1cc([C@@H](N)C2CC2)cnc1N. The van der Waals surface area contributed by atoms with Crippen LogP contribution in [0.25, 0.3) is 0 Å². The number of hydrogen-bond donors (Lipinski definition) is 2. The molecule has 13 heavy (non-hydrogen) atoms. The molecule has 0 radical (unpaired) electrons. The first-order chi connectivity index (χ1) is 6.18. The highest BCUT2D eigenvalue weighted by Crippen LogP contribution is 2.39. The molecule has 1 aromatic heterocycles. The average Bonchev–Trinajstić information content (AvgIpc) is 2.91. The molecule has 1 aliphatic rings. The number of aryl methyl sites for hydroxylation is 1. The van der Waals surface area contributed by atoms with E-state index >= 15 is 0 Å². The molecule has 1 aromatic rings. The van der Waals surface area contributed by atoms with Gasteiger partial charge in [0.15, 0.2) is 0 Å². The fourth-order valence-electron chi connectivity index (χ4n) is 1.52. The minimum absolute atomic E-state index is 0.159. The van der Waals surface area contributed by atoms with E-state index < -0.39 is 0 Å². The second-order valence-electron chi connectivity index (χ2n) is 3.83. The van der Waals surface area contributed by atoms with Gasteiger partial charge < -0.3 is 11.5 Å². The smallest absolute Gasteiger partial charge is 0.126 e. The fraction of sp³-hybridized carbons (Fsp3) is 0.500. The molecule has 0 aliphatic heterocycles. The molecule has 70 valence electrons. The second-order valence-corrected chi connectivity index (χ2v) is 3.83. The van der Waals surface area contributed by atoms with E-state index in [9.17, 15) is 0 Å². The summed E-state index contributed by atoms with van der Waals surface area (Å²) in [5.41, 5.74) is 13.8. The van der Waals surface area contributed by atoms with Crippen LogP contribution in [0.2, 0.25) is 0 Å². The number of pyridine rings is 1. The Morgan fingerprint density at radius 2 is 2.23 bits per heavy atom. The Morgan fingerprint density at radius 1 is 1.54 bits per heavy atom. The first-order valence-corrected chi connectivity index (χ1v) is 4.66. The van der Waals surface area contributed by atoms with Crippen molar-refractivity contribution in [1.82, 2.24) is 4.98 Å². The van der Waals surface area contributed by atoms with Crippen LogP contribution in [0, 0.1) is 12.8 Å². The van der Waals surface area contributed by atoms with E-state index in [4.69, 9.17) is 11.5 Å². The van der Waals surface area contributed by atoms with Gasteiger partial charge in [0.1, 0.15) is 5.82 Å². The predicted octanol–water partition coefficient (Wildman–Crippen LogP) is 1.38.